The van der Waals surface area contributed by atoms with Crippen molar-refractivity contribution in [1.29, 1.82) is 0 Å². The van der Waals surface area contributed by atoms with Gasteiger partial charge in [0.25, 0.3) is 0 Å². The van der Waals surface area contributed by atoms with Crippen molar-refractivity contribution >= 4 is 5.78 Å². The molecule has 1 unspecified atom stereocenters. The van der Waals surface area contributed by atoms with Crippen molar-refractivity contribution in [3.63, 3.8) is 0 Å². The SMILES string of the molecule is O=C(CCCN1CCCC(COc2ccccc2-c2ccno2)C1)c1ccc(F)cc1. The Hall–Kier alpha value is -2.99. The molecule has 0 bridgehead atoms. The highest BCUT2D eigenvalue weighted by Gasteiger charge is 2.21. The number of ether oxygens (including phenoxy) is 1. The van der Waals surface area contributed by atoms with Crippen molar-refractivity contribution in [3.8, 4) is 17.1 Å². The molecule has 2 aromatic carbocycles. The Balaban J connectivity index is 1.24. The molecule has 5 nitrogen and oxygen atoms in total. The summed E-state index contributed by atoms with van der Waals surface area (Å²) in [5.41, 5.74) is 1.49. The van der Waals surface area contributed by atoms with Gasteiger partial charge in [-0.15, -0.1) is 0 Å². The molecule has 2 heterocycles. The van der Waals surface area contributed by atoms with E-state index in [1.807, 2.05) is 30.3 Å². The number of piperidine rings is 1. The first-order valence-electron chi connectivity index (χ1n) is 10.8. The van der Waals surface area contributed by atoms with Crippen molar-refractivity contribution in [3.05, 3.63) is 72.2 Å². The summed E-state index contributed by atoms with van der Waals surface area (Å²) >= 11 is 0. The van der Waals surface area contributed by atoms with Crippen molar-refractivity contribution in [1.82, 2.24) is 10.1 Å². The molecule has 3 aromatic rings. The van der Waals surface area contributed by atoms with E-state index in [9.17, 15) is 9.18 Å². The summed E-state index contributed by atoms with van der Waals surface area (Å²) in [6.45, 7) is 3.55. The standard InChI is InChI=1S/C25H27FN2O3/c26-21-11-9-20(10-12-21)23(29)7-4-16-28-15-3-5-19(17-28)18-30-24-8-2-1-6-22(24)25-13-14-27-31-25/h1-2,6,8-14,19H,3-5,7,15-18H2. The summed E-state index contributed by atoms with van der Waals surface area (Å²) in [5, 5.41) is 3.79. The normalized spacial score (nSPS) is 16.9. The lowest BCUT2D eigenvalue weighted by Gasteiger charge is -2.32. The smallest absolute Gasteiger partial charge is 0.170 e. The molecule has 1 aromatic heterocycles. The quantitative estimate of drug-likeness (QED) is 0.442. The minimum absolute atomic E-state index is 0.0703. The molecule has 1 aliphatic rings. The summed E-state index contributed by atoms with van der Waals surface area (Å²) in [4.78, 5) is 14.7. The Kier molecular flexibility index (Phi) is 7.10. The molecular weight excluding hydrogens is 395 g/mol. The number of benzene rings is 2. The monoisotopic (exact) mass is 422 g/mol. The van der Waals surface area contributed by atoms with Gasteiger partial charge in [0, 0.05) is 30.5 Å². The van der Waals surface area contributed by atoms with E-state index in [2.05, 4.69) is 10.1 Å². The predicted molar refractivity (Wildman–Crippen MR) is 117 cm³/mol. The maximum atomic E-state index is 13.0. The largest absolute Gasteiger partial charge is 0.492 e. The summed E-state index contributed by atoms with van der Waals surface area (Å²) in [7, 11) is 0. The van der Waals surface area contributed by atoms with Crippen LogP contribution in [0.3, 0.4) is 0 Å². The lowest BCUT2D eigenvalue weighted by Crippen LogP contribution is -2.38. The van der Waals surface area contributed by atoms with Crippen molar-refractivity contribution in [2.75, 3.05) is 26.2 Å². The molecule has 1 fully saturated rings. The van der Waals surface area contributed by atoms with Crippen LogP contribution in [-0.4, -0.2) is 42.1 Å². The number of likely N-dealkylation sites (tertiary alicyclic amines) is 1. The number of carbonyl (C=O) groups is 1. The first kappa shape index (κ1) is 21.2. The van der Waals surface area contributed by atoms with Gasteiger partial charge in [0.05, 0.1) is 18.4 Å². The van der Waals surface area contributed by atoms with E-state index in [1.165, 1.54) is 12.1 Å². The van der Waals surface area contributed by atoms with Crippen LogP contribution in [-0.2, 0) is 0 Å². The van der Waals surface area contributed by atoms with Crippen LogP contribution in [0.1, 0.15) is 36.0 Å². The average molecular weight is 423 g/mol. The van der Waals surface area contributed by atoms with E-state index in [-0.39, 0.29) is 11.6 Å². The average Bonchev–Trinajstić information content (AvgIpc) is 3.33. The Morgan fingerprint density at radius 2 is 2.00 bits per heavy atom. The van der Waals surface area contributed by atoms with Gasteiger partial charge in [0.2, 0.25) is 0 Å². The van der Waals surface area contributed by atoms with Crippen LogP contribution in [0.4, 0.5) is 4.39 Å². The van der Waals surface area contributed by atoms with Crippen LogP contribution in [0.25, 0.3) is 11.3 Å². The van der Waals surface area contributed by atoms with Crippen LogP contribution in [0, 0.1) is 11.7 Å². The zero-order valence-electron chi connectivity index (χ0n) is 17.5. The molecule has 0 spiro atoms. The van der Waals surface area contributed by atoms with E-state index in [0.29, 0.717) is 30.3 Å². The van der Waals surface area contributed by atoms with Gasteiger partial charge in [-0.05, 0) is 68.8 Å². The van der Waals surface area contributed by atoms with E-state index in [4.69, 9.17) is 9.26 Å². The van der Waals surface area contributed by atoms with Gasteiger partial charge < -0.3 is 14.2 Å². The number of para-hydroxylation sites is 1. The lowest BCUT2D eigenvalue weighted by atomic mass is 9.98. The third-order valence-corrected chi connectivity index (χ3v) is 5.71. The van der Waals surface area contributed by atoms with E-state index >= 15 is 0 Å². The second kappa shape index (κ2) is 10.4. The van der Waals surface area contributed by atoms with Gasteiger partial charge in [0.15, 0.2) is 11.5 Å². The molecular formula is C25H27FN2O3. The molecule has 1 atom stereocenters. The lowest BCUT2D eigenvalue weighted by molar-refractivity contribution is 0.0960. The maximum absolute atomic E-state index is 13.0. The number of carbonyl (C=O) groups excluding carboxylic acids is 1. The first-order valence-corrected chi connectivity index (χ1v) is 10.8. The zero-order valence-corrected chi connectivity index (χ0v) is 17.5. The molecule has 0 aliphatic carbocycles. The fourth-order valence-electron chi connectivity index (χ4n) is 4.09. The molecule has 1 saturated heterocycles. The topological polar surface area (TPSA) is 55.6 Å². The fourth-order valence-corrected chi connectivity index (χ4v) is 4.09. The van der Waals surface area contributed by atoms with Crippen molar-refractivity contribution < 1.29 is 18.4 Å². The summed E-state index contributed by atoms with van der Waals surface area (Å²) in [5.74, 6) is 1.71. The van der Waals surface area contributed by atoms with Crippen LogP contribution < -0.4 is 4.74 Å². The second-order valence-electron chi connectivity index (χ2n) is 8.03. The summed E-state index contributed by atoms with van der Waals surface area (Å²) in [6, 6.07) is 15.5. The predicted octanol–water partition coefficient (Wildman–Crippen LogP) is 5.23. The molecule has 0 saturated carbocycles. The summed E-state index contributed by atoms with van der Waals surface area (Å²) < 4.78 is 24.5. The van der Waals surface area contributed by atoms with Crippen LogP contribution in [0.15, 0.2) is 65.3 Å². The molecule has 0 radical (unpaired) electrons. The van der Waals surface area contributed by atoms with Gasteiger partial charge in [0.1, 0.15) is 11.6 Å². The second-order valence-corrected chi connectivity index (χ2v) is 8.03. The Morgan fingerprint density at radius 1 is 1.16 bits per heavy atom. The number of hydrogen-bond acceptors (Lipinski definition) is 5. The van der Waals surface area contributed by atoms with Gasteiger partial charge in [-0.3, -0.25) is 4.79 Å². The van der Waals surface area contributed by atoms with Crippen molar-refractivity contribution in [2.45, 2.75) is 25.7 Å². The molecule has 31 heavy (non-hydrogen) atoms. The van der Waals surface area contributed by atoms with Gasteiger partial charge >= 0.3 is 0 Å². The Labute approximate surface area is 181 Å². The molecule has 6 heteroatoms. The number of nitrogens with zero attached hydrogens (tertiary/aromatic N) is 2. The fraction of sp³-hybridized carbons (Fsp3) is 0.360. The number of halogens is 1. The zero-order chi connectivity index (χ0) is 21.5. The third-order valence-electron chi connectivity index (χ3n) is 5.71. The Morgan fingerprint density at radius 3 is 2.81 bits per heavy atom. The van der Waals surface area contributed by atoms with E-state index in [0.717, 1.165) is 50.2 Å². The first-order chi connectivity index (χ1) is 15.2. The third kappa shape index (κ3) is 5.79. The van der Waals surface area contributed by atoms with Gasteiger partial charge in [-0.25, -0.2) is 4.39 Å². The number of hydrogen-bond donors (Lipinski definition) is 0. The molecule has 0 amide bonds. The van der Waals surface area contributed by atoms with Crippen LogP contribution in [0.5, 0.6) is 5.75 Å². The highest BCUT2D eigenvalue weighted by molar-refractivity contribution is 5.95. The highest BCUT2D eigenvalue weighted by Crippen LogP contribution is 2.30. The van der Waals surface area contributed by atoms with E-state index < -0.39 is 0 Å². The molecule has 4 rings (SSSR count). The maximum Gasteiger partial charge on any atom is 0.170 e. The minimum atomic E-state index is -0.318. The van der Waals surface area contributed by atoms with Crippen LogP contribution >= 0.6 is 0 Å². The van der Waals surface area contributed by atoms with Crippen LogP contribution in [0.2, 0.25) is 0 Å². The molecule has 0 N–H and O–H groups in total. The number of rotatable bonds is 9. The van der Waals surface area contributed by atoms with E-state index in [1.54, 1.807) is 18.3 Å². The number of ketones is 1. The highest BCUT2D eigenvalue weighted by atomic mass is 19.1. The van der Waals surface area contributed by atoms with Gasteiger partial charge in [-0.2, -0.15) is 0 Å². The summed E-state index contributed by atoms with van der Waals surface area (Å²) in [6.07, 6.45) is 5.18. The minimum Gasteiger partial charge on any atom is -0.492 e. The number of Topliss-reactive ketones (excluding diaryl/α,β-unsaturated/α-hetero) is 1. The van der Waals surface area contributed by atoms with Gasteiger partial charge in [-0.1, -0.05) is 17.3 Å². The van der Waals surface area contributed by atoms with Crippen molar-refractivity contribution in [2.24, 2.45) is 5.92 Å². The molecule has 1 aliphatic heterocycles. The molecule has 162 valence electrons. The Bertz CT molecular complexity index is 973. The number of aromatic nitrogens is 1.